The van der Waals surface area contributed by atoms with Crippen LogP contribution in [-0.4, -0.2) is 16.5 Å². The van der Waals surface area contributed by atoms with Crippen LogP contribution in [0.5, 0.6) is 0 Å². The van der Waals surface area contributed by atoms with E-state index in [1.807, 2.05) is 37.6 Å². The minimum Gasteiger partial charge on any atom is -0.347 e. The van der Waals surface area contributed by atoms with E-state index in [2.05, 4.69) is 27.2 Å². The fourth-order valence-electron chi connectivity index (χ4n) is 1.75. The Labute approximate surface area is 117 Å². The average molecular weight is 311 g/mol. The van der Waals surface area contributed by atoms with Crippen molar-refractivity contribution in [2.45, 2.75) is 45.7 Å². The van der Waals surface area contributed by atoms with E-state index in [1.165, 1.54) is 0 Å². The lowest BCUT2D eigenvalue weighted by atomic mass is 10.1. The van der Waals surface area contributed by atoms with Gasteiger partial charge in [0.15, 0.2) is 0 Å². The summed E-state index contributed by atoms with van der Waals surface area (Å²) in [4.78, 5) is 12.2. The summed E-state index contributed by atoms with van der Waals surface area (Å²) >= 11 is 3.40. The van der Waals surface area contributed by atoms with Crippen LogP contribution in [0.25, 0.3) is 0 Å². The molecule has 0 aromatic carbocycles. The first kappa shape index (κ1) is 14.8. The molecule has 18 heavy (non-hydrogen) atoms. The summed E-state index contributed by atoms with van der Waals surface area (Å²) in [6.45, 7) is 6.10. The molecule has 1 N–H and O–H groups in total. The highest BCUT2D eigenvalue weighted by atomic mass is 79.9. The maximum atomic E-state index is 12.2. The van der Waals surface area contributed by atoms with Crippen molar-refractivity contribution in [3.05, 3.63) is 22.4 Å². The van der Waals surface area contributed by atoms with Gasteiger partial charge in [-0.3, -0.25) is 4.79 Å². The zero-order chi connectivity index (χ0) is 13.7. The molecule has 1 heterocycles. The van der Waals surface area contributed by atoms with Crippen molar-refractivity contribution in [2.75, 3.05) is 0 Å². The molecule has 0 saturated heterocycles. The Bertz CT molecular complexity index is 457. The largest absolute Gasteiger partial charge is 0.347 e. The second kappa shape index (κ2) is 6.65. The molecule has 1 unspecified atom stereocenters. The van der Waals surface area contributed by atoms with E-state index in [-0.39, 0.29) is 18.0 Å². The third-order valence-corrected chi connectivity index (χ3v) is 3.23. The van der Waals surface area contributed by atoms with Crippen LogP contribution >= 0.6 is 15.9 Å². The Morgan fingerprint density at radius 2 is 2.28 bits per heavy atom. The topological polar surface area (TPSA) is 34.0 Å². The van der Waals surface area contributed by atoms with Crippen molar-refractivity contribution in [2.24, 2.45) is 0 Å². The SMILES string of the molecule is C#CCC(CC)NC(=O)c1cc(Br)cn1C(C)C. The van der Waals surface area contributed by atoms with Gasteiger partial charge in [0.05, 0.1) is 0 Å². The first-order valence-corrected chi connectivity index (χ1v) is 6.90. The number of nitrogens with zero attached hydrogens (tertiary/aromatic N) is 1. The molecule has 0 aliphatic heterocycles. The molecule has 3 nitrogen and oxygen atoms in total. The Hall–Kier alpha value is -1.21. The van der Waals surface area contributed by atoms with Crippen LogP contribution in [0.4, 0.5) is 0 Å². The molecule has 0 radical (unpaired) electrons. The molecule has 98 valence electrons. The molecule has 0 bridgehead atoms. The number of hydrogen-bond acceptors (Lipinski definition) is 1. The smallest absolute Gasteiger partial charge is 0.268 e. The quantitative estimate of drug-likeness (QED) is 0.831. The van der Waals surface area contributed by atoms with Gasteiger partial charge in [-0.2, -0.15) is 0 Å². The predicted molar refractivity (Wildman–Crippen MR) is 77.5 cm³/mol. The third-order valence-electron chi connectivity index (χ3n) is 2.80. The fraction of sp³-hybridized carbons (Fsp3) is 0.500. The zero-order valence-electron chi connectivity index (χ0n) is 11.0. The van der Waals surface area contributed by atoms with Crippen molar-refractivity contribution >= 4 is 21.8 Å². The van der Waals surface area contributed by atoms with Gasteiger partial charge >= 0.3 is 0 Å². The minimum atomic E-state index is -0.0727. The molecular formula is C14H19BrN2O. The molecule has 0 spiro atoms. The first-order chi connectivity index (χ1) is 8.49. The van der Waals surface area contributed by atoms with Gasteiger partial charge in [0, 0.05) is 29.2 Å². The van der Waals surface area contributed by atoms with E-state index >= 15 is 0 Å². The van der Waals surface area contributed by atoms with E-state index in [4.69, 9.17) is 6.42 Å². The van der Waals surface area contributed by atoms with Crippen LogP contribution in [0.15, 0.2) is 16.7 Å². The lowest BCUT2D eigenvalue weighted by Gasteiger charge is -2.17. The Morgan fingerprint density at radius 3 is 2.78 bits per heavy atom. The molecule has 1 amide bonds. The highest BCUT2D eigenvalue weighted by molar-refractivity contribution is 9.10. The number of nitrogens with one attached hydrogen (secondary N) is 1. The maximum Gasteiger partial charge on any atom is 0.268 e. The van der Waals surface area contributed by atoms with Crippen molar-refractivity contribution in [1.29, 1.82) is 0 Å². The second-order valence-electron chi connectivity index (χ2n) is 4.53. The molecule has 0 fully saturated rings. The van der Waals surface area contributed by atoms with Crippen LogP contribution in [-0.2, 0) is 0 Å². The molecule has 0 saturated carbocycles. The summed E-state index contributed by atoms with van der Waals surface area (Å²) < 4.78 is 2.86. The van der Waals surface area contributed by atoms with Crippen LogP contribution in [0.3, 0.4) is 0 Å². The highest BCUT2D eigenvalue weighted by Crippen LogP contribution is 2.19. The molecule has 1 aromatic rings. The van der Waals surface area contributed by atoms with Gasteiger partial charge in [-0.05, 0) is 42.3 Å². The molecule has 4 heteroatoms. The summed E-state index contributed by atoms with van der Waals surface area (Å²) in [5.74, 6) is 2.51. The predicted octanol–water partition coefficient (Wildman–Crippen LogP) is 3.36. The molecule has 1 aromatic heterocycles. The van der Waals surface area contributed by atoms with Gasteiger partial charge < -0.3 is 9.88 Å². The van der Waals surface area contributed by atoms with E-state index in [9.17, 15) is 4.79 Å². The van der Waals surface area contributed by atoms with E-state index in [0.717, 1.165) is 10.9 Å². The summed E-state index contributed by atoms with van der Waals surface area (Å²) in [5.41, 5.74) is 0.660. The molecule has 1 atom stereocenters. The number of amides is 1. The second-order valence-corrected chi connectivity index (χ2v) is 5.45. The van der Waals surface area contributed by atoms with E-state index < -0.39 is 0 Å². The van der Waals surface area contributed by atoms with Crippen molar-refractivity contribution in [3.63, 3.8) is 0 Å². The number of aromatic nitrogens is 1. The molecule has 1 rings (SSSR count). The summed E-state index contributed by atoms with van der Waals surface area (Å²) in [7, 11) is 0. The molecule has 0 aliphatic carbocycles. The minimum absolute atomic E-state index is 0.0387. The van der Waals surface area contributed by atoms with E-state index in [0.29, 0.717) is 12.1 Å². The first-order valence-electron chi connectivity index (χ1n) is 6.11. The Morgan fingerprint density at radius 1 is 1.61 bits per heavy atom. The summed E-state index contributed by atoms with van der Waals surface area (Å²) in [6, 6.07) is 2.11. The summed E-state index contributed by atoms with van der Waals surface area (Å²) in [6.07, 6.45) is 8.60. The van der Waals surface area contributed by atoms with Gasteiger partial charge in [0.25, 0.3) is 5.91 Å². The Kier molecular flexibility index (Phi) is 5.49. The lowest BCUT2D eigenvalue weighted by Crippen LogP contribution is -2.35. The van der Waals surface area contributed by atoms with Crippen LogP contribution in [0.2, 0.25) is 0 Å². The van der Waals surface area contributed by atoms with E-state index in [1.54, 1.807) is 0 Å². The number of rotatable bonds is 5. The third kappa shape index (κ3) is 3.64. The van der Waals surface area contributed by atoms with Gasteiger partial charge in [-0.25, -0.2) is 0 Å². The van der Waals surface area contributed by atoms with Crippen molar-refractivity contribution in [3.8, 4) is 12.3 Å². The lowest BCUT2D eigenvalue weighted by molar-refractivity contribution is 0.0926. The van der Waals surface area contributed by atoms with Gasteiger partial charge in [-0.1, -0.05) is 6.92 Å². The highest BCUT2D eigenvalue weighted by Gasteiger charge is 2.17. The van der Waals surface area contributed by atoms with Crippen molar-refractivity contribution in [1.82, 2.24) is 9.88 Å². The maximum absolute atomic E-state index is 12.2. The monoisotopic (exact) mass is 310 g/mol. The van der Waals surface area contributed by atoms with Gasteiger partial charge in [-0.15, -0.1) is 12.3 Å². The van der Waals surface area contributed by atoms with Crippen molar-refractivity contribution < 1.29 is 4.79 Å². The molecular weight excluding hydrogens is 292 g/mol. The number of halogens is 1. The molecule has 0 aliphatic rings. The van der Waals surface area contributed by atoms with Gasteiger partial charge in [0.2, 0.25) is 0 Å². The Balaban J connectivity index is 2.87. The fourth-order valence-corrected chi connectivity index (χ4v) is 2.19. The number of carbonyl (C=O) groups is 1. The number of carbonyl (C=O) groups excluding carboxylic acids is 1. The number of terminal acetylenes is 1. The normalized spacial score (nSPS) is 12.2. The zero-order valence-corrected chi connectivity index (χ0v) is 12.6. The van der Waals surface area contributed by atoms with Crippen LogP contribution in [0.1, 0.15) is 50.1 Å². The summed E-state index contributed by atoms with van der Waals surface area (Å²) in [5, 5.41) is 2.97. The van der Waals surface area contributed by atoms with Gasteiger partial charge in [0.1, 0.15) is 5.69 Å². The average Bonchev–Trinajstić information content (AvgIpc) is 2.71. The standard InChI is InChI=1S/C14H19BrN2O/c1-5-7-12(6-2)16-14(18)13-8-11(15)9-17(13)10(3)4/h1,8-10,12H,6-7H2,2-4H3,(H,16,18). The van der Waals surface area contributed by atoms with Crippen LogP contribution < -0.4 is 5.32 Å². The van der Waals surface area contributed by atoms with Crippen LogP contribution in [0, 0.1) is 12.3 Å². The number of hydrogen-bond donors (Lipinski definition) is 1.